The van der Waals surface area contributed by atoms with Gasteiger partial charge in [0.05, 0.1) is 0 Å². The van der Waals surface area contributed by atoms with Crippen LogP contribution in [-0.2, 0) is 5.41 Å². The Morgan fingerprint density at radius 2 is 0.847 bits per heavy atom. The van der Waals surface area contributed by atoms with E-state index < -0.39 is 0 Å². The smallest absolute Gasteiger partial charge is 0.143 e. The minimum absolute atomic E-state index is 0.0493. The summed E-state index contributed by atoms with van der Waals surface area (Å²) in [6.45, 7) is 4.70. The van der Waals surface area contributed by atoms with Crippen molar-refractivity contribution >= 4 is 71.3 Å². The minimum Gasteiger partial charge on any atom is -0.455 e. The molecule has 0 fully saturated rings. The number of nitrogens with zero attached hydrogens (tertiary/aromatic N) is 1. The van der Waals surface area contributed by atoms with Gasteiger partial charge in [-0.2, -0.15) is 0 Å². The van der Waals surface area contributed by atoms with Crippen LogP contribution in [0.3, 0.4) is 0 Å². The zero-order valence-electron chi connectivity index (χ0n) is 32.9. The molecular weight excluding hydrogens is 715 g/mol. The summed E-state index contributed by atoms with van der Waals surface area (Å²) >= 11 is 0. The highest BCUT2D eigenvalue weighted by Gasteiger charge is 2.35. The number of furan rings is 1. The van der Waals surface area contributed by atoms with Crippen molar-refractivity contribution in [2.45, 2.75) is 19.3 Å². The predicted octanol–water partition coefficient (Wildman–Crippen LogP) is 16.2. The van der Waals surface area contributed by atoms with Crippen LogP contribution < -0.4 is 4.90 Å². The predicted molar refractivity (Wildman–Crippen MR) is 249 cm³/mol. The quantitative estimate of drug-likeness (QED) is 0.163. The van der Waals surface area contributed by atoms with E-state index in [1.54, 1.807) is 0 Å². The lowest BCUT2D eigenvalue weighted by atomic mass is 9.81. The van der Waals surface area contributed by atoms with Crippen molar-refractivity contribution in [3.8, 4) is 33.4 Å². The molecule has 1 aliphatic rings. The molecule has 2 nitrogen and oxygen atoms in total. The maximum atomic E-state index is 6.45. The summed E-state index contributed by atoms with van der Waals surface area (Å²) in [6.07, 6.45) is 0. The Labute approximate surface area is 343 Å². The summed E-state index contributed by atoms with van der Waals surface area (Å²) in [7, 11) is 0. The fourth-order valence-corrected chi connectivity index (χ4v) is 9.93. The fourth-order valence-electron chi connectivity index (χ4n) is 9.93. The van der Waals surface area contributed by atoms with Gasteiger partial charge >= 0.3 is 0 Å². The topological polar surface area (TPSA) is 16.4 Å². The van der Waals surface area contributed by atoms with E-state index in [-0.39, 0.29) is 5.41 Å². The van der Waals surface area contributed by atoms with E-state index in [1.165, 1.54) is 65.7 Å². The lowest BCUT2D eigenvalue weighted by molar-refractivity contribution is 0.660. The summed E-state index contributed by atoms with van der Waals surface area (Å²) in [5, 5.41) is 9.86. The SMILES string of the molecule is CC1(C)c2ccccc2-c2ccc(-c3ccc(N(c4ccc(-c5cccc6c5oc5ccccc56)cc4)c4ccc5c6ccccc6c6ccccc6c5c4)cc3)cc21. The monoisotopic (exact) mass is 753 g/mol. The van der Waals surface area contributed by atoms with Gasteiger partial charge in [0.2, 0.25) is 0 Å². The van der Waals surface area contributed by atoms with Crippen LogP contribution in [0.4, 0.5) is 17.1 Å². The highest BCUT2D eigenvalue weighted by molar-refractivity contribution is 6.25. The van der Waals surface area contributed by atoms with Crippen molar-refractivity contribution in [3.63, 3.8) is 0 Å². The first-order valence-corrected chi connectivity index (χ1v) is 20.5. The second-order valence-electron chi connectivity index (χ2n) is 16.5. The normalized spacial score (nSPS) is 13.1. The summed E-state index contributed by atoms with van der Waals surface area (Å²) in [6, 6.07) is 73.2. The summed E-state index contributed by atoms with van der Waals surface area (Å²) in [5.74, 6) is 0. The van der Waals surface area contributed by atoms with Crippen LogP contribution in [0.2, 0.25) is 0 Å². The van der Waals surface area contributed by atoms with Crippen LogP contribution in [0.15, 0.2) is 205 Å². The van der Waals surface area contributed by atoms with E-state index in [9.17, 15) is 0 Å². The second-order valence-corrected chi connectivity index (χ2v) is 16.5. The van der Waals surface area contributed by atoms with E-state index >= 15 is 0 Å². The average Bonchev–Trinajstić information content (AvgIpc) is 3.79. The van der Waals surface area contributed by atoms with E-state index in [0.717, 1.165) is 50.1 Å². The number of anilines is 3. The zero-order valence-corrected chi connectivity index (χ0v) is 32.9. The second kappa shape index (κ2) is 12.8. The van der Waals surface area contributed by atoms with Gasteiger partial charge in [-0.15, -0.1) is 0 Å². The van der Waals surface area contributed by atoms with Gasteiger partial charge in [-0.3, -0.25) is 0 Å². The van der Waals surface area contributed by atoms with Gasteiger partial charge in [0, 0.05) is 38.8 Å². The Morgan fingerprint density at radius 1 is 0.339 bits per heavy atom. The average molecular weight is 754 g/mol. The third kappa shape index (κ3) is 5.13. The lowest BCUT2D eigenvalue weighted by Crippen LogP contribution is -2.14. The van der Waals surface area contributed by atoms with Crippen molar-refractivity contribution in [3.05, 3.63) is 211 Å². The van der Waals surface area contributed by atoms with Crippen LogP contribution in [0, 0.1) is 0 Å². The highest BCUT2D eigenvalue weighted by atomic mass is 16.3. The summed E-state index contributed by atoms with van der Waals surface area (Å²) in [4.78, 5) is 2.39. The largest absolute Gasteiger partial charge is 0.455 e. The molecule has 1 aromatic heterocycles. The first kappa shape index (κ1) is 33.7. The molecule has 0 bridgehead atoms. The fraction of sp³-hybridized carbons (Fsp3) is 0.0526. The molecule has 12 rings (SSSR count). The van der Waals surface area contributed by atoms with Crippen molar-refractivity contribution < 1.29 is 4.42 Å². The molecule has 11 aromatic rings. The van der Waals surface area contributed by atoms with Crippen LogP contribution in [-0.4, -0.2) is 0 Å². The molecule has 278 valence electrons. The number of hydrogen-bond acceptors (Lipinski definition) is 2. The third-order valence-corrected chi connectivity index (χ3v) is 12.9. The van der Waals surface area contributed by atoms with Crippen molar-refractivity contribution in [1.29, 1.82) is 0 Å². The molecule has 0 atom stereocenters. The zero-order chi connectivity index (χ0) is 39.2. The van der Waals surface area contributed by atoms with Crippen LogP contribution in [0.5, 0.6) is 0 Å². The molecule has 2 heteroatoms. The molecule has 59 heavy (non-hydrogen) atoms. The van der Waals surface area contributed by atoms with E-state index in [4.69, 9.17) is 4.42 Å². The Balaban J connectivity index is 0.994. The van der Waals surface area contributed by atoms with Crippen LogP contribution in [0.1, 0.15) is 25.0 Å². The minimum atomic E-state index is -0.0493. The molecule has 0 spiro atoms. The molecule has 0 saturated heterocycles. The van der Waals surface area contributed by atoms with Gasteiger partial charge in [-0.25, -0.2) is 0 Å². The van der Waals surface area contributed by atoms with Gasteiger partial charge in [-0.05, 0) is 120 Å². The number of benzene rings is 10. The highest BCUT2D eigenvalue weighted by Crippen LogP contribution is 2.50. The Hall–Kier alpha value is -7.42. The standard InChI is InChI=1S/C57H39NO/c1-57(2)53-20-9-7-16-48(53)49-32-26-38(34-54(49)57)36-22-27-39(28-23-36)58(41-31-33-47-45-14-4-3-12-43(45)44-13-5-6-15-46(44)52(47)35-41)40-29-24-37(25-30-40)42-18-11-19-51-50-17-8-10-21-55(50)59-56(42)51/h3-35H,1-2H3. The summed E-state index contributed by atoms with van der Waals surface area (Å²) in [5.41, 5.74) is 15.2. The molecular formula is C57H39NO. The van der Waals surface area contributed by atoms with Gasteiger partial charge in [0.15, 0.2) is 0 Å². The Bertz CT molecular complexity index is 3430. The maximum absolute atomic E-state index is 6.45. The first-order chi connectivity index (χ1) is 29.0. The first-order valence-electron chi connectivity index (χ1n) is 20.5. The molecule has 0 aliphatic heterocycles. The molecule has 0 saturated carbocycles. The number of hydrogen-bond donors (Lipinski definition) is 0. The van der Waals surface area contributed by atoms with Crippen LogP contribution in [0.25, 0.3) is 87.6 Å². The summed E-state index contributed by atoms with van der Waals surface area (Å²) < 4.78 is 6.45. The number of para-hydroxylation sites is 2. The van der Waals surface area contributed by atoms with Crippen molar-refractivity contribution in [2.75, 3.05) is 4.90 Å². The van der Waals surface area contributed by atoms with E-state index in [2.05, 4.69) is 207 Å². The molecule has 0 N–H and O–H groups in total. The van der Waals surface area contributed by atoms with Gasteiger partial charge < -0.3 is 9.32 Å². The van der Waals surface area contributed by atoms with E-state index in [1.807, 2.05) is 12.1 Å². The molecule has 10 aromatic carbocycles. The Kier molecular flexibility index (Phi) is 7.31. The Morgan fingerprint density at radius 3 is 1.56 bits per heavy atom. The third-order valence-electron chi connectivity index (χ3n) is 12.9. The van der Waals surface area contributed by atoms with Gasteiger partial charge in [-0.1, -0.05) is 166 Å². The maximum Gasteiger partial charge on any atom is 0.143 e. The molecule has 1 heterocycles. The van der Waals surface area contributed by atoms with Crippen molar-refractivity contribution in [2.24, 2.45) is 0 Å². The van der Waals surface area contributed by atoms with Gasteiger partial charge in [0.1, 0.15) is 11.2 Å². The molecule has 0 unspecified atom stereocenters. The van der Waals surface area contributed by atoms with Gasteiger partial charge in [0.25, 0.3) is 0 Å². The van der Waals surface area contributed by atoms with E-state index in [0.29, 0.717) is 0 Å². The molecule has 0 radical (unpaired) electrons. The number of fused-ring (bicyclic) bond motifs is 12. The van der Waals surface area contributed by atoms with Crippen molar-refractivity contribution in [1.82, 2.24) is 0 Å². The lowest BCUT2D eigenvalue weighted by Gasteiger charge is -2.27. The number of rotatable bonds is 5. The molecule has 0 amide bonds. The van der Waals surface area contributed by atoms with Crippen LogP contribution >= 0.6 is 0 Å². The molecule has 1 aliphatic carbocycles.